The molecule has 5 heteroatoms. The summed E-state index contributed by atoms with van der Waals surface area (Å²) < 4.78 is 18.1. The van der Waals surface area contributed by atoms with E-state index in [1.807, 2.05) is 6.92 Å². The number of aliphatic hydroxyl groups is 1. The minimum absolute atomic E-state index is 0.0405. The molecule has 1 aromatic carbocycles. The highest BCUT2D eigenvalue weighted by Gasteiger charge is 2.07. The summed E-state index contributed by atoms with van der Waals surface area (Å²) in [4.78, 5) is 11.3. The van der Waals surface area contributed by atoms with Gasteiger partial charge in [-0.25, -0.2) is 4.39 Å². The van der Waals surface area contributed by atoms with Crippen LogP contribution in [0.5, 0.6) is 5.75 Å². The first-order valence-corrected chi connectivity index (χ1v) is 5.45. The average Bonchev–Trinajstić information content (AvgIpc) is 2.35. The molecule has 0 bridgehead atoms. The molecule has 0 saturated carbocycles. The van der Waals surface area contributed by atoms with Gasteiger partial charge in [0.2, 0.25) is 0 Å². The molecule has 17 heavy (non-hydrogen) atoms. The van der Waals surface area contributed by atoms with Gasteiger partial charge >= 0.3 is 0 Å². The maximum atomic E-state index is 13.1. The highest BCUT2D eigenvalue weighted by molar-refractivity contribution is 5.77. The van der Waals surface area contributed by atoms with Gasteiger partial charge < -0.3 is 15.2 Å². The van der Waals surface area contributed by atoms with E-state index in [0.29, 0.717) is 6.42 Å². The molecule has 4 nitrogen and oxygen atoms in total. The lowest BCUT2D eigenvalue weighted by Gasteiger charge is -2.10. The topological polar surface area (TPSA) is 58.6 Å². The smallest absolute Gasteiger partial charge is 0.258 e. The highest BCUT2D eigenvalue weighted by atomic mass is 19.1. The maximum Gasteiger partial charge on any atom is 0.258 e. The van der Waals surface area contributed by atoms with E-state index in [0.717, 1.165) is 0 Å². The summed E-state index contributed by atoms with van der Waals surface area (Å²) in [5, 5.41) is 11.7. The predicted octanol–water partition coefficient (Wildman–Crippen LogP) is 1.09. The van der Waals surface area contributed by atoms with Crippen molar-refractivity contribution >= 4 is 5.91 Å². The lowest BCUT2D eigenvalue weighted by molar-refractivity contribution is -0.123. The van der Waals surface area contributed by atoms with Crippen molar-refractivity contribution in [2.45, 2.75) is 19.4 Å². The molecule has 1 amide bonds. The fourth-order valence-corrected chi connectivity index (χ4v) is 1.13. The normalized spacial score (nSPS) is 11.9. The van der Waals surface area contributed by atoms with Gasteiger partial charge in [0, 0.05) is 6.54 Å². The van der Waals surface area contributed by atoms with Crippen LogP contribution in [0.2, 0.25) is 0 Å². The molecule has 1 rings (SSSR count). The number of aliphatic hydroxyl groups excluding tert-OH is 1. The molecule has 2 N–H and O–H groups in total. The van der Waals surface area contributed by atoms with Gasteiger partial charge in [-0.3, -0.25) is 4.79 Å². The Labute approximate surface area is 99.4 Å². The van der Waals surface area contributed by atoms with Gasteiger partial charge in [-0.05, 0) is 18.6 Å². The van der Waals surface area contributed by atoms with E-state index >= 15 is 0 Å². The molecule has 0 fully saturated rings. The van der Waals surface area contributed by atoms with Gasteiger partial charge in [0.05, 0.1) is 6.10 Å². The third kappa shape index (κ3) is 4.82. The zero-order chi connectivity index (χ0) is 12.7. The Hall–Kier alpha value is -1.62. The maximum absolute atomic E-state index is 13.1. The number of benzene rings is 1. The van der Waals surface area contributed by atoms with Gasteiger partial charge in [-0.15, -0.1) is 0 Å². The monoisotopic (exact) mass is 241 g/mol. The zero-order valence-electron chi connectivity index (χ0n) is 9.65. The van der Waals surface area contributed by atoms with E-state index in [-0.39, 0.29) is 24.8 Å². The number of ether oxygens (including phenoxy) is 1. The molecule has 0 saturated heterocycles. The van der Waals surface area contributed by atoms with Crippen molar-refractivity contribution in [3.05, 3.63) is 30.1 Å². The van der Waals surface area contributed by atoms with Crippen molar-refractivity contribution in [3.63, 3.8) is 0 Å². The van der Waals surface area contributed by atoms with Crippen LogP contribution in [-0.4, -0.2) is 30.3 Å². The second-order valence-electron chi connectivity index (χ2n) is 3.59. The van der Waals surface area contributed by atoms with E-state index in [1.54, 1.807) is 12.1 Å². The van der Waals surface area contributed by atoms with E-state index in [4.69, 9.17) is 4.74 Å². The fraction of sp³-hybridized carbons (Fsp3) is 0.417. The Morgan fingerprint density at radius 3 is 2.88 bits per heavy atom. The molecular formula is C12H16FNO3. The summed E-state index contributed by atoms with van der Waals surface area (Å²) in [6, 6.07) is 5.87. The Bertz CT molecular complexity index is 371. The summed E-state index contributed by atoms with van der Waals surface area (Å²) in [5.41, 5.74) is 0. The van der Waals surface area contributed by atoms with Crippen molar-refractivity contribution in [3.8, 4) is 5.75 Å². The molecule has 0 aliphatic heterocycles. The minimum Gasteiger partial charge on any atom is -0.481 e. The largest absolute Gasteiger partial charge is 0.481 e. The average molecular weight is 241 g/mol. The Balaban J connectivity index is 2.31. The van der Waals surface area contributed by atoms with Crippen LogP contribution in [0, 0.1) is 5.82 Å². The van der Waals surface area contributed by atoms with Crippen molar-refractivity contribution in [2.75, 3.05) is 13.2 Å². The molecule has 0 spiro atoms. The summed E-state index contributed by atoms with van der Waals surface area (Å²) in [5.74, 6) is -0.853. The van der Waals surface area contributed by atoms with Crippen LogP contribution in [0.15, 0.2) is 24.3 Å². The molecule has 0 aromatic heterocycles. The highest BCUT2D eigenvalue weighted by Crippen LogP contribution is 2.14. The number of nitrogens with one attached hydrogen (secondary N) is 1. The Morgan fingerprint density at radius 2 is 2.24 bits per heavy atom. The van der Waals surface area contributed by atoms with Crippen molar-refractivity contribution < 1.29 is 19.0 Å². The van der Waals surface area contributed by atoms with Crippen molar-refractivity contribution in [1.29, 1.82) is 0 Å². The number of halogens is 1. The van der Waals surface area contributed by atoms with Crippen LogP contribution in [-0.2, 0) is 4.79 Å². The number of hydrogen-bond acceptors (Lipinski definition) is 3. The summed E-state index contributed by atoms with van der Waals surface area (Å²) >= 11 is 0. The second kappa shape index (κ2) is 6.85. The van der Waals surface area contributed by atoms with Crippen LogP contribution in [0.3, 0.4) is 0 Å². The van der Waals surface area contributed by atoms with E-state index in [2.05, 4.69) is 5.32 Å². The second-order valence-corrected chi connectivity index (χ2v) is 3.59. The lowest BCUT2D eigenvalue weighted by atomic mass is 10.3. The molecule has 0 aliphatic rings. The standard InChI is InChI=1S/C12H16FNO3/c1-2-9(15)7-14-12(16)8-17-11-6-4-3-5-10(11)13/h3-6,9,15H,2,7-8H2,1H3,(H,14,16). The number of carbonyl (C=O) groups is 1. The fourth-order valence-electron chi connectivity index (χ4n) is 1.13. The van der Waals surface area contributed by atoms with E-state index in [9.17, 15) is 14.3 Å². The quantitative estimate of drug-likeness (QED) is 0.784. The number of para-hydroxylation sites is 1. The minimum atomic E-state index is -0.563. The molecule has 1 atom stereocenters. The van der Waals surface area contributed by atoms with Gasteiger partial charge in [0.15, 0.2) is 18.2 Å². The van der Waals surface area contributed by atoms with Crippen molar-refractivity contribution in [2.24, 2.45) is 0 Å². The first-order valence-electron chi connectivity index (χ1n) is 5.45. The Morgan fingerprint density at radius 1 is 1.53 bits per heavy atom. The molecule has 1 unspecified atom stereocenters. The lowest BCUT2D eigenvalue weighted by Crippen LogP contribution is -2.35. The van der Waals surface area contributed by atoms with Gasteiger partial charge in [0.25, 0.3) is 5.91 Å². The molecule has 1 aromatic rings. The number of rotatable bonds is 6. The van der Waals surface area contributed by atoms with Gasteiger partial charge in [0.1, 0.15) is 0 Å². The van der Waals surface area contributed by atoms with E-state index < -0.39 is 11.9 Å². The van der Waals surface area contributed by atoms with E-state index in [1.165, 1.54) is 12.1 Å². The first-order chi connectivity index (χ1) is 8.13. The van der Waals surface area contributed by atoms with Gasteiger partial charge in [-0.2, -0.15) is 0 Å². The SMILES string of the molecule is CCC(O)CNC(=O)COc1ccccc1F. The molecular weight excluding hydrogens is 225 g/mol. The first kappa shape index (κ1) is 13.4. The molecule has 94 valence electrons. The van der Waals surface area contributed by atoms with Gasteiger partial charge in [-0.1, -0.05) is 19.1 Å². The molecule has 0 aliphatic carbocycles. The van der Waals surface area contributed by atoms with Crippen LogP contribution in [0.1, 0.15) is 13.3 Å². The number of amides is 1. The zero-order valence-corrected chi connectivity index (χ0v) is 9.65. The van der Waals surface area contributed by atoms with Crippen LogP contribution >= 0.6 is 0 Å². The summed E-state index contributed by atoms with van der Waals surface area (Å²) in [6.45, 7) is 1.72. The molecule has 0 radical (unpaired) electrons. The number of carbonyl (C=O) groups excluding carboxylic acids is 1. The van der Waals surface area contributed by atoms with Crippen LogP contribution in [0.25, 0.3) is 0 Å². The Kier molecular flexibility index (Phi) is 5.42. The summed E-state index contributed by atoms with van der Waals surface area (Å²) in [7, 11) is 0. The third-order valence-corrected chi connectivity index (χ3v) is 2.20. The summed E-state index contributed by atoms with van der Waals surface area (Å²) in [6.07, 6.45) is 0.00136. The third-order valence-electron chi connectivity index (χ3n) is 2.20. The number of hydrogen-bond donors (Lipinski definition) is 2. The van der Waals surface area contributed by atoms with Crippen LogP contribution in [0.4, 0.5) is 4.39 Å². The molecule has 0 heterocycles. The van der Waals surface area contributed by atoms with Crippen LogP contribution < -0.4 is 10.1 Å². The van der Waals surface area contributed by atoms with Crippen molar-refractivity contribution in [1.82, 2.24) is 5.32 Å². The predicted molar refractivity (Wildman–Crippen MR) is 61.2 cm³/mol.